The summed E-state index contributed by atoms with van der Waals surface area (Å²) in [5.74, 6) is 0.225. The van der Waals surface area contributed by atoms with Gasteiger partial charge in [0.2, 0.25) is 0 Å². The minimum Gasteiger partial charge on any atom is -0.487 e. The summed E-state index contributed by atoms with van der Waals surface area (Å²) in [6.45, 7) is 2.19. The van der Waals surface area contributed by atoms with Gasteiger partial charge >= 0.3 is 0 Å². The Bertz CT molecular complexity index is 1230. The van der Waals surface area contributed by atoms with Crippen LogP contribution in [0.2, 0.25) is 10.0 Å². The number of nitriles is 1. The van der Waals surface area contributed by atoms with Gasteiger partial charge < -0.3 is 10.1 Å². The monoisotopic (exact) mass is 688 g/mol. The molecule has 1 N–H and O–H groups in total. The van der Waals surface area contributed by atoms with Crippen molar-refractivity contribution in [3.63, 3.8) is 0 Å². The fourth-order valence-corrected chi connectivity index (χ4v) is 5.29. The molecule has 0 aliphatic heterocycles. The van der Waals surface area contributed by atoms with E-state index in [-0.39, 0.29) is 5.57 Å². The van der Waals surface area contributed by atoms with Crippen LogP contribution in [0.5, 0.6) is 5.75 Å². The second-order valence-electron chi connectivity index (χ2n) is 6.78. The molecule has 3 rings (SSSR count). The third-order valence-corrected chi connectivity index (χ3v) is 6.68. The van der Waals surface area contributed by atoms with E-state index < -0.39 is 5.91 Å². The van der Waals surface area contributed by atoms with Gasteiger partial charge in [-0.15, -0.1) is 0 Å². The first-order valence-corrected chi connectivity index (χ1v) is 12.2. The minimum absolute atomic E-state index is 0.0132. The predicted molar refractivity (Wildman–Crippen MR) is 146 cm³/mol. The fraction of sp³-hybridized carbons (Fsp3) is 0.0833. The summed E-state index contributed by atoms with van der Waals surface area (Å²) in [7, 11) is 0. The number of carbonyl (C=O) groups excluding carboxylic acids is 1. The first-order chi connectivity index (χ1) is 15.3. The van der Waals surface area contributed by atoms with E-state index in [0.717, 1.165) is 29.6 Å². The van der Waals surface area contributed by atoms with Gasteiger partial charge in [-0.1, -0.05) is 47.5 Å². The average Bonchev–Trinajstić information content (AvgIpc) is 2.75. The number of hydrogen-bond donors (Lipinski definition) is 1. The van der Waals surface area contributed by atoms with E-state index in [1.165, 1.54) is 0 Å². The largest absolute Gasteiger partial charge is 0.487 e. The maximum absolute atomic E-state index is 12.7. The zero-order valence-corrected chi connectivity index (χ0v) is 22.6. The van der Waals surface area contributed by atoms with Crippen molar-refractivity contribution in [1.82, 2.24) is 0 Å². The topological polar surface area (TPSA) is 62.1 Å². The molecule has 3 aromatic carbocycles. The van der Waals surface area contributed by atoms with Crippen LogP contribution in [-0.4, -0.2) is 5.91 Å². The molecule has 0 radical (unpaired) electrons. The molecular formula is C24H16Cl2I2N2O2. The normalized spacial score (nSPS) is 11.1. The van der Waals surface area contributed by atoms with Crippen LogP contribution in [0, 0.1) is 25.4 Å². The van der Waals surface area contributed by atoms with Crippen molar-refractivity contribution >= 4 is 86.1 Å². The lowest BCUT2D eigenvalue weighted by molar-refractivity contribution is -0.112. The Hall–Kier alpha value is -1.80. The van der Waals surface area contributed by atoms with Crippen LogP contribution in [0.3, 0.4) is 0 Å². The molecule has 4 nitrogen and oxygen atoms in total. The second kappa shape index (κ2) is 11.4. The maximum atomic E-state index is 12.7. The van der Waals surface area contributed by atoms with Gasteiger partial charge in [-0.2, -0.15) is 5.26 Å². The highest BCUT2D eigenvalue weighted by atomic mass is 127. The van der Waals surface area contributed by atoms with Crippen LogP contribution in [0.25, 0.3) is 6.08 Å². The summed E-state index contributed by atoms with van der Waals surface area (Å²) in [4.78, 5) is 12.7. The summed E-state index contributed by atoms with van der Waals surface area (Å²) in [5.41, 5.74) is 3.02. The van der Waals surface area contributed by atoms with Crippen LogP contribution < -0.4 is 10.1 Å². The van der Waals surface area contributed by atoms with Crippen molar-refractivity contribution in [1.29, 1.82) is 5.26 Å². The third kappa shape index (κ3) is 6.38. The molecule has 162 valence electrons. The van der Waals surface area contributed by atoms with Crippen LogP contribution in [0.15, 0.2) is 60.2 Å². The highest BCUT2D eigenvalue weighted by Gasteiger charge is 2.14. The van der Waals surface area contributed by atoms with Crippen LogP contribution in [-0.2, 0) is 11.4 Å². The van der Waals surface area contributed by atoms with Crippen molar-refractivity contribution in [2.75, 3.05) is 5.32 Å². The van der Waals surface area contributed by atoms with E-state index >= 15 is 0 Å². The zero-order valence-electron chi connectivity index (χ0n) is 16.8. The standard InChI is InChI=1S/C24H16Cl2I2N2O2/c1-14-6-7-18(25)11-22(14)30-24(31)17(12-29)8-15-9-20(27)23(21(28)10-15)32-13-16-4-2-3-5-19(16)26/h2-11H,13H2,1H3,(H,30,31)/b17-8+. The Kier molecular flexibility index (Phi) is 8.82. The molecule has 0 unspecified atom stereocenters. The lowest BCUT2D eigenvalue weighted by atomic mass is 10.1. The Morgan fingerprint density at radius 1 is 1.12 bits per heavy atom. The molecule has 0 spiro atoms. The molecule has 0 saturated heterocycles. The Labute approximate surface area is 223 Å². The van der Waals surface area contributed by atoms with E-state index in [1.54, 1.807) is 24.3 Å². The molecule has 0 saturated carbocycles. The van der Waals surface area contributed by atoms with Gasteiger partial charge in [0.25, 0.3) is 5.91 Å². The van der Waals surface area contributed by atoms with Crippen LogP contribution in [0.4, 0.5) is 5.69 Å². The van der Waals surface area contributed by atoms with Gasteiger partial charge in [0.15, 0.2) is 0 Å². The molecule has 3 aromatic rings. The lowest BCUT2D eigenvalue weighted by Gasteiger charge is -2.12. The number of nitrogens with zero attached hydrogens (tertiary/aromatic N) is 1. The van der Waals surface area contributed by atoms with E-state index in [0.29, 0.717) is 22.3 Å². The first kappa shape index (κ1) is 24.8. The van der Waals surface area contributed by atoms with Gasteiger partial charge in [-0.05, 0) is 99.6 Å². The highest BCUT2D eigenvalue weighted by molar-refractivity contribution is 14.1. The average molecular weight is 689 g/mol. The number of carbonyl (C=O) groups is 1. The van der Waals surface area contributed by atoms with Gasteiger partial charge in [-0.3, -0.25) is 4.79 Å². The number of nitrogens with one attached hydrogen (secondary N) is 1. The summed E-state index contributed by atoms with van der Waals surface area (Å²) in [5, 5.41) is 13.4. The van der Waals surface area contributed by atoms with E-state index in [4.69, 9.17) is 27.9 Å². The van der Waals surface area contributed by atoms with E-state index in [1.807, 2.05) is 49.4 Å². The quantitative estimate of drug-likeness (QED) is 0.165. The number of halogens is 4. The Morgan fingerprint density at radius 3 is 2.47 bits per heavy atom. The molecule has 32 heavy (non-hydrogen) atoms. The van der Waals surface area contributed by atoms with Crippen molar-refractivity contribution in [2.24, 2.45) is 0 Å². The number of anilines is 1. The molecule has 0 aromatic heterocycles. The summed E-state index contributed by atoms with van der Waals surface area (Å²) in [6, 6.07) is 18.4. The number of aryl methyl sites for hydroxylation is 1. The summed E-state index contributed by atoms with van der Waals surface area (Å²) < 4.78 is 7.71. The smallest absolute Gasteiger partial charge is 0.266 e. The van der Waals surface area contributed by atoms with E-state index in [2.05, 4.69) is 50.5 Å². The summed E-state index contributed by atoms with van der Waals surface area (Å²) in [6.07, 6.45) is 1.55. The second-order valence-corrected chi connectivity index (χ2v) is 9.94. The summed E-state index contributed by atoms with van der Waals surface area (Å²) >= 11 is 16.6. The van der Waals surface area contributed by atoms with Gasteiger partial charge in [0, 0.05) is 21.3 Å². The molecule has 0 aliphatic carbocycles. The van der Waals surface area contributed by atoms with Gasteiger partial charge in [0.1, 0.15) is 24.0 Å². The van der Waals surface area contributed by atoms with Gasteiger partial charge in [-0.25, -0.2) is 0 Å². The highest BCUT2D eigenvalue weighted by Crippen LogP contribution is 2.31. The number of hydrogen-bond acceptors (Lipinski definition) is 3. The molecule has 0 atom stereocenters. The molecule has 1 amide bonds. The molecule has 0 fully saturated rings. The SMILES string of the molecule is Cc1ccc(Cl)cc1NC(=O)/C(C#N)=C/c1cc(I)c(OCc2ccccc2Cl)c(I)c1. The van der Waals surface area contributed by atoms with E-state index in [9.17, 15) is 10.1 Å². The third-order valence-electron chi connectivity index (χ3n) is 4.47. The zero-order chi connectivity index (χ0) is 23.3. The minimum atomic E-state index is -0.498. The molecular weight excluding hydrogens is 673 g/mol. The molecule has 0 aliphatic rings. The van der Waals surface area contributed by atoms with Crippen molar-refractivity contribution in [2.45, 2.75) is 13.5 Å². The van der Waals surface area contributed by atoms with Crippen LogP contribution >= 0.6 is 68.4 Å². The number of ether oxygens (including phenoxy) is 1. The Balaban J connectivity index is 1.80. The fourth-order valence-electron chi connectivity index (χ4n) is 2.80. The molecule has 0 heterocycles. The number of rotatable bonds is 6. The lowest BCUT2D eigenvalue weighted by Crippen LogP contribution is -2.14. The van der Waals surface area contributed by atoms with Gasteiger partial charge in [0.05, 0.1) is 7.14 Å². The van der Waals surface area contributed by atoms with Crippen molar-refractivity contribution < 1.29 is 9.53 Å². The molecule has 0 bridgehead atoms. The van der Waals surface area contributed by atoms with Crippen molar-refractivity contribution in [3.8, 4) is 11.8 Å². The van der Waals surface area contributed by atoms with Crippen LogP contribution in [0.1, 0.15) is 16.7 Å². The maximum Gasteiger partial charge on any atom is 0.266 e. The predicted octanol–water partition coefficient (Wildman–Crippen LogP) is 7.64. The number of benzene rings is 3. The van der Waals surface area contributed by atoms with Crippen molar-refractivity contribution in [3.05, 3.63) is 94.0 Å². The number of amides is 1. The molecule has 8 heteroatoms. The Morgan fingerprint density at radius 2 is 1.81 bits per heavy atom. The first-order valence-electron chi connectivity index (χ1n) is 9.33.